The van der Waals surface area contributed by atoms with Crippen molar-refractivity contribution in [3.8, 4) is 6.07 Å². The molecule has 174 valence electrons. The van der Waals surface area contributed by atoms with Crippen LogP contribution in [0.1, 0.15) is 41.0 Å². The Morgan fingerprint density at radius 3 is 2.76 bits per heavy atom. The number of hydrogen-bond acceptors (Lipinski definition) is 8. The molecule has 0 bridgehead atoms. The summed E-state index contributed by atoms with van der Waals surface area (Å²) in [5.74, 6) is 1.43. The Bertz CT molecular complexity index is 1340. The predicted molar refractivity (Wildman–Crippen MR) is 135 cm³/mol. The first-order valence-corrected chi connectivity index (χ1v) is 14.1. The molecule has 1 aliphatic carbocycles. The molecule has 0 saturated heterocycles. The molecule has 1 aliphatic heterocycles. The van der Waals surface area contributed by atoms with Crippen LogP contribution in [-0.4, -0.2) is 46.8 Å². The fourth-order valence-corrected chi connectivity index (χ4v) is 5.78. The smallest absolute Gasteiger partial charge is 0.229 e. The van der Waals surface area contributed by atoms with Crippen molar-refractivity contribution in [2.75, 3.05) is 37.6 Å². The second-order valence-electron chi connectivity index (χ2n) is 9.57. The van der Waals surface area contributed by atoms with E-state index >= 15 is 0 Å². The maximum Gasteiger partial charge on any atom is 0.229 e. The van der Waals surface area contributed by atoms with Crippen LogP contribution in [0.4, 0.5) is 23.1 Å². The highest BCUT2D eigenvalue weighted by molar-refractivity contribution is 7.69. The number of rotatable bonds is 5. The molecular weight excluding hydrogens is 445 g/mol. The van der Waals surface area contributed by atoms with Gasteiger partial charge in [-0.1, -0.05) is 0 Å². The zero-order valence-electron chi connectivity index (χ0n) is 19.7. The van der Waals surface area contributed by atoms with Gasteiger partial charge in [0.25, 0.3) is 0 Å². The molecule has 0 spiro atoms. The normalized spacial score (nSPS) is 17.5. The first-order valence-electron chi connectivity index (χ1n) is 11.5. The van der Waals surface area contributed by atoms with Crippen LogP contribution in [0.25, 0.3) is 0 Å². The van der Waals surface area contributed by atoms with Crippen molar-refractivity contribution in [2.45, 2.75) is 31.7 Å². The lowest BCUT2D eigenvalue weighted by atomic mass is 9.77. The Balaban J connectivity index is 1.44. The first-order chi connectivity index (χ1) is 16.3. The van der Waals surface area contributed by atoms with Gasteiger partial charge in [0.2, 0.25) is 5.95 Å². The van der Waals surface area contributed by atoms with E-state index in [1.54, 1.807) is 31.7 Å². The van der Waals surface area contributed by atoms with E-state index < -0.39 is 7.14 Å². The molecule has 3 aromatic rings. The van der Waals surface area contributed by atoms with Gasteiger partial charge in [-0.2, -0.15) is 10.2 Å². The van der Waals surface area contributed by atoms with Gasteiger partial charge in [-0.15, -0.1) is 0 Å². The van der Waals surface area contributed by atoms with Crippen LogP contribution in [-0.2, 0) is 17.5 Å². The van der Waals surface area contributed by atoms with Gasteiger partial charge in [0.15, 0.2) is 5.82 Å². The standard InChI is InChI=1S/C25H28N7OP/c1-32-14-17-6-4-5-16-9-21(10-18(15-32)23(16)17)30-25-28-13-19(12-26)24(31-25)29-20-7-8-27-22(11-20)34(2,3)33/h7-11,13,17H,4-6,14-15H2,1-3H3,(H2,27,28,29,30,31). The summed E-state index contributed by atoms with van der Waals surface area (Å²) in [5, 5.41) is 16.1. The fraction of sp³-hybridized carbons (Fsp3) is 0.360. The summed E-state index contributed by atoms with van der Waals surface area (Å²) in [4.78, 5) is 15.6. The van der Waals surface area contributed by atoms with Gasteiger partial charge in [-0.25, -0.2) is 4.98 Å². The van der Waals surface area contributed by atoms with Crippen LogP contribution in [0.3, 0.4) is 0 Å². The molecule has 0 amide bonds. The minimum absolute atomic E-state index is 0.324. The fourth-order valence-electron chi connectivity index (χ4n) is 4.99. The van der Waals surface area contributed by atoms with Gasteiger partial charge >= 0.3 is 0 Å². The van der Waals surface area contributed by atoms with Crippen LogP contribution in [0.15, 0.2) is 36.7 Å². The molecule has 1 unspecified atom stereocenters. The Morgan fingerprint density at radius 2 is 1.97 bits per heavy atom. The van der Waals surface area contributed by atoms with Crippen LogP contribution >= 0.6 is 7.14 Å². The molecular formula is C25H28N7OP. The lowest BCUT2D eigenvalue weighted by molar-refractivity contribution is 0.266. The van der Waals surface area contributed by atoms with Crippen LogP contribution in [0.5, 0.6) is 0 Å². The number of anilines is 4. The molecule has 2 aromatic heterocycles. The van der Waals surface area contributed by atoms with Gasteiger partial charge in [-0.3, -0.25) is 4.98 Å². The average molecular weight is 474 g/mol. The van der Waals surface area contributed by atoms with Crippen LogP contribution in [0, 0.1) is 11.3 Å². The number of benzene rings is 1. The van der Waals surface area contributed by atoms with Gasteiger partial charge in [0, 0.05) is 30.7 Å². The average Bonchev–Trinajstić information content (AvgIpc) is 2.79. The van der Waals surface area contributed by atoms with Crippen molar-refractivity contribution >= 4 is 35.7 Å². The van der Waals surface area contributed by atoms with E-state index in [1.807, 2.05) is 0 Å². The van der Waals surface area contributed by atoms with Gasteiger partial charge < -0.3 is 20.1 Å². The summed E-state index contributed by atoms with van der Waals surface area (Å²) in [6.45, 7) is 5.43. The predicted octanol–water partition coefficient (Wildman–Crippen LogP) is 4.34. The van der Waals surface area contributed by atoms with E-state index in [-0.39, 0.29) is 0 Å². The summed E-state index contributed by atoms with van der Waals surface area (Å²) in [7, 11) is -0.331. The third-order valence-electron chi connectivity index (χ3n) is 6.46. The van der Waals surface area contributed by atoms with Gasteiger partial charge in [0.05, 0.1) is 6.20 Å². The van der Waals surface area contributed by atoms with Crippen molar-refractivity contribution in [1.29, 1.82) is 5.26 Å². The minimum atomic E-state index is -2.51. The van der Waals surface area contributed by atoms with E-state index in [0.29, 0.717) is 34.4 Å². The lowest BCUT2D eigenvalue weighted by Crippen LogP contribution is -2.33. The summed E-state index contributed by atoms with van der Waals surface area (Å²) >= 11 is 0. The third kappa shape index (κ3) is 4.54. The number of aryl methyl sites for hydroxylation is 1. The first kappa shape index (κ1) is 22.5. The van der Waals surface area contributed by atoms with E-state index in [9.17, 15) is 9.83 Å². The second kappa shape index (κ2) is 8.83. The molecule has 1 aromatic carbocycles. The van der Waals surface area contributed by atoms with Gasteiger partial charge in [-0.05, 0) is 86.5 Å². The minimum Gasteiger partial charge on any atom is -0.339 e. The number of likely N-dealkylation sites (N-methyl/N-ethyl adjacent to an activating group) is 1. The molecule has 8 nitrogen and oxygen atoms in total. The molecule has 9 heteroatoms. The molecule has 2 aliphatic rings. The number of nitrogens with one attached hydrogen (secondary N) is 2. The topological polar surface area (TPSA) is 107 Å². The largest absolute Gasteiger partial charge is 0.339 e. The molecule has 0 saturated carbocycles. The number of pyridine rings is 1. The Labute approximate surface area is 199 Å². The molecule has 1 atom stereocenters. The molecule has 2 N–H and O–H groups in total. The molecule has 3 heterocycles. The molecule has 0 radical (unpaired) electrons. The maximum absolute atomic E-state index is 12.4. The maximum atomic E-state index is 12.4. The van der Waals surface area contributed by atoms with Gasteiger partial charge in [0.1, 0.15) is 24.2 Å². The van der Waals surface area contributed by atoms with Crippen LogP contribution < -0.4 is 16.1 Å². The summed E-state index contributed by atoms with van der Waals surface area (Å²) in [6, 6.07) is 10.1. The van der Waals surface area contributed by atoms with E-state index in [2.05, 4.69) is 55.7 Å². The van der Waals surface area contributed by atoms with Crippen molar-refractivity contribution in [2.24, 2.45) is 0 Å². The van der Waals surface area contributed by atoms with Crippen LogP contribution in [0.2, 0.25) is 0 Å². The number of nitriles is 1. The number of nitrogens with zero attached hydrogens (tertiary/aromatic N) is 5. The molecule has 5 rings (SSSR count). The quantitative estimate of drug-likeness (QED) is 0.527. The van der Waals surface area contributed by atoms with E-state index in [1.165, 1.54) is 35.7 Å². The zero-order valence-corrected chi connectivity index (χ0v) is 20.6. The molecule has 0 fully saturated rings. The van der Waals surface area contributed by atoms with E-state index in [4.69, 9.17) is 0 Å². The molecule has 34 heavy (non-hydrogen) atoms. The number of hydrogen-bond donors (Lipinski definition) is 2. The highest BCUT2D eigenvalue weighted by Gasteiger charge is 2.29. The monoisotopic (exact) mass is 473 g/mol. The summed E-state index contributed by atoms with van der Waals surface area (Å²) in [5.41, 5.74) is 6.81. The lowest BCUT2D eigenvalue weighted by Gasteiger charge is -2.37. The third-order valence-corrected chi connectivity index (χ3v) is 7.80. The highest BCUT2D eigenvalue weighted by atomic mass is 31.2. The van der Waals surface area contributed by atoms with Crippen molar-refractivity contribution in [1.82, 2.24) is 19.9 Å². The Hall–Kier alpha value is -3.27. The van der Waals surface area contributed by atoms with Crippen molar-refractivity contribution in [3.63, 3.8) is 0 Å². The number of aromatic nitrogens is 3. The second-order valence-corrected chi connectivity index (χ2v) is 12.7. The summed E-state index contributed by atoms with van der Waals surface area (Å²) in [6.07, 6.45) is 6.69. The van der Waals surface area contributed by atoms with Crippen molar-refractivity contribution < 1.29 is 4.57 Å². The summed E-state index contributed by atoms with van der Waals surface area (Å²) < 4.78 is 12.4. The Morgan fingerprint density at radius 1 is 1.15 bits per heavy atom. The van der Waals surface area contributed by atoms with Crippen molar-refractivity contribution in [3.05, 3.63) is 58.9 Å². The zero-order chi connectivity index (χ0) is 23.9. The SMILES string of the molecule is CN1Cc2cc(Nc3ncc(C#N)c(Nc4ccnc(P(C)(C)=O)c4)n3)cc3c2C(CCC3)C1. The Kier molecular flexibility index (Phi) is 5.85. The van der Waals surface area contributed by atoms with E-state index in [0.717, 1.165) is 25.2 Å². The highest BCUT2D eigenvalue weighted by Crippen LogP contribution is 2.40.